The zero-order valence-corrected chi connectivity index (χ0v) is 15.3. The van der Waals surface area contributed by atoms with E-state index in [1.165, 1.54) is 0 Å². The Morgan fingerprint density at radius 1 is 1.42 bits per heavy atom. The number of carbonyl (C=O) groups is 1. The summed E-state index contributed by atoms with van der Waals surface area (Å²) in [5.74, 6) is 0.484. The second-order valence-electron chi connectivity index (χ2n) is 7.08. The van der Waals surface area contributed by atoms with Crippen LogP contribution in [0.5, 0.6) is 0 Å². The summed E-state index contributed by atoms with van der Waals surface area (Å²) in [7, 11) is 3.56. The monoisotopic (exact) mass is 358 g/mol. The topological polar surface area (TPSA) is 93.6 Å². The molecule has 26 heavy (non-hydrogen) atoms. The fourth-order valence-electron chi connectivity index (χ4n) is 3.46. The molecule has 2 heterocycles. The maximum absolute atomic E-state index is 12.9. The molecular weight excluding hydrogens is 332 g/mol. The number of hydrogen-bond donors (Lipinski definition) is 2. The van der Waals surface area contributed by atoms with Crippen LogP contribution in [0.15, 0.2) is 30.5 Å². The highest BCUT2D eigenvalue weighted by Gasteiger charge is 2.34. The number of amides is 1. The Hall–Kier alpha value is -2.38. The number of anilines is 1. The van der Waals surface area contributed by atoms with Crippen molar-refractivity contribution in [3.8, 4) is 11.1 Å². The van der Waals surface area contributed by atoms with E-state index in [1.54, 1.807) is 35.9 Å². The second kappa shape index (κ2) is 7.47. The third-order valence-corrected chi connectivity index (χ3v) is 5.21. The lowest BCUT2D eigenvalue weighted by Crippen LogP contribution is -2.44. The van der Waals surface area contributed by atoms with Crippen LogP contribution < -0.4 is 5.73 Å². The van der Waals surface area contributed by atoms with Crippen molar-refractivity contribution in [3.05, 3.63) is 36.0 Å². The molecule has 1 fully saturated rings. The van der Waals surface area contributed by atoms with Crippen LogP contribution in [0.25, 0.3) is 11.1 Å². The van der Waals surface area contributed by atoms with Gasteiger partial charge in [0.25, 0.3) is 5.91 Å². The van der Waals surface area contributed by atoms with Crippen LogP contribution in [0.4, 0.5) is 5.82 Å². The SMILES string of the molecule is CN(CC1(CO)CCOCC1)C(=O)c1cccc(-c2cnn(C)c2N)c1. The third kappa shape index (κ3) is 3.59. The van der Waals surface area contributed by atoms with Crippen LogP contribution >= 0.6 is 0 Å². The van der Waals surface area contributed by atoms with Gasteiger partial charge in [-0.3, -0.25) is 9.48 Å². The average Bonchev–Trinajstić information content (AvgIpc) is 3.00. The first-order valence-corrected chi connectivity index (χ1v) is 8.78. The number of nitrogens with zero attached hydrogens (tertiary/aromatic N) is 3. The molecule has 3 rings (SSSR count). The molecule has 0 unspecified atom stereocenters. The quantitative estimate of drug-likeness (QED) is 0.845. The fourth-order valence-corrected chi connectivity index (χ4v) is 3.46. The predicted molar refractivity (Wildman–Crippen MR) is 99.6 cm³/mol. The number of aromatic nitrogens is 2. The molecule has 0 radical (unpaired) electrons. The van der Waals surface area contributed by atoms with E-state index in [4.69, 9.17) is 10.5 Å². The van der Waals surface area contributed by atoms with Crippen molar-refractivity contribution in [2.45, 2.75) is 12.8 Å². The standard InChI is InChI=1S/C19H26N4O3/c1-22(12-19(13-24)6-8-26-9-7-19)18(25)15-5-3-4-14(10-15)16-11-21-23(2)17(16)20/h3-5,10-11,24H,6-9,12-13,20H2,1-2H3. The number of aryl methyl sites for hydroxylation is 1. The number of aliphatic hydroxyl groups excluding tert-OH is 1. The van der Waals surface area contributed by atoms with E-state index in [1.807, 2.05) is 18.2 Å². The molecule has 1 aliphatic rings. The maximum Gasteiger partial charge on any atom is 0.253 e. The Morgan fingerprint density at radius 2 is 2.15 bits per heavy atom. The first kappa shape index (κ1) is 18.4. The first-order valence-electron chi connectivity index (χ1n) is 8.78. The predicted octanol–water partition coefficient (Wildman–Crippen LogP) is 1.53. The first-order chi connectivity index (χ1) is 12.5. The van der Waals surface area contributed by atoms with Gasteiger partial charge in [-0.15, -0.1) is 0 Å². The number of nitrogen functional groups attached to an aromatic ring is 1. The van der Waals surface area contributed by atoms with Crippen LogP contribution in [-0.2, 0) is 11.8 Å². The molecule has 1 aromatic carbocycles. The van der Waals surface area contributed by atoms with Crippen LogP contribution in [0, 0.1) is 5.41 Å². The van der Waals surface area contributed by atoms with E-state index in [2.05, 4.69) is 5.10 Å². The lowest BCUT2D eigenvalue weighted by atomic mass is 9.80. The lowest BCUT2D eigenvalue weighted by molar-refractivity contribution is -0.0282. The number of carbonyl (C=O) groups excluding carboxylic acids is 1. The Bertz CT molecular complexity index is 781. The van der Waals surface area contributed by atoms with Crippen molar-refractivity contribution in [2.75, 3.05) is 39.1 Å². The summed E-state index contributed by atoms with van der Waals surface area (Å²) in [5, 5.41) is 14.0. The van der Waals surface area contributed by atoms with Gasteiger partial charge >= 0.3 is 0 Å². The molecule has 7 heteroatoms. The van der Waals surface area contributed by atoms with E-state index in [0.717, 1.165) is 24.0 Å². The second-order valence-corrected chi connectivity index (χ2v) is 7.08. The summed E-state index contributed by atoms with van der Waals surface area (Å²) in [5.41, 5.74) is 8.02. The molecular formula is C19H26N4O3. The van der Waals surface area contributed by atoms with E-state index >= 15 is 0 Å². The number of hydrogen-bond acceptors (Lipinski definition) is 5. The number of rotatable bonds is 5. The van der Waals surface area contributed by atoms with Crippen molar-refractivity contribution in [1.82, 2.24) is 14.7 Å². The van der Waals surface area contributed by atoms with Crippen LogP contribution in [0.1, 0.15) is 23.2 Å². The lowest BCUT2D eigenvalue weighted by Gasteiger charge is -2.38. The molecule has 0 aliphatic carbocycles. The highest BCUT2D eigenvalue weighted by atomic mass is 16.5. The van der Waals surface area contributed by atoms with E-state index in [0.29, 0.717) is 31.1 Å². The number of ether oxygens (including phenoxy) is 1. The molecule has 0 spiro atoms. The molecule has 3 N–H and O–H groups in total. The van der Waals surface area contributed by atoms with Crippen molar-refractivity contribution in [3.63, 3.8) is 0 Å². The van der Waals surface area contributed by atoms with Crippen LogP contribution in [0.2, 0.25) is 0 Å². The van der Waals surface area contributed by atoms with Crippen LogP contribution in [0.3, 0.4) is 0 Å². The molecule has 0 bridgehead atoms. The molecule has 2 aromatic rings. The van der Waals surface area contributed by atoms with Gasteiger partial charge in [0.2, 0.25) is 0 Å². The Balaban J connectivity index is 1.79. The number of nitrogens with two attached hydrogens (primary N) is 1. The summed E-state index contributed by atoms with van der Waals surface area (Å²) in [6, 6.07) is 7.39. The van der Waals surface area contributed by atoms with E-state index < -0.39 is 0 Å². The van der Waals surface area contributed by atoms with Crippen molar-refractivity contribution >= 4 is 11.7 Å². The van der Waals surface area contributed by atoms with E-state index in [9.17, 15) is 9.90 Å². The highest BCUT2D eigenvalue weighted by molar-refractivity contribution is 5.95. The Morgan fingerprint density at radius 3 is 2.77 bits per heavy atom. The Kier molecular flexibility index (Phi) is 5.29. The molecule has 1 aliphatic heterocycles. The number of benzene rings is 1. The van der Waals surface area contributed by atoms with Crippen LogP contribution in [-0.4, -0.2) is 59.1 Å². The average molecular weight is 358 g/mol. The smallest absolute Gasteiger partial charge is 0.253 e. The maximum atomic E-state index is 12.9. The molecule has 140 valence electrons. The zero-order valence-electron chi connectivity index (χ0n) is 15.3. The van der Waals surface area contributed by atoms with Gasteiger partial charge in [0.05, 0.1) is 12.8 Å². The van der Waals surface area contributed by atoms with Gasteiger partial charge in [-0.25, -0.2) is 0 Å². The molecule has 1 amide bonds. The summed E-state index contributed by atoms with van der Waals surface area (Å²) < 4.78 is 7.00. The van der Waals surface area contributed by atoms with Gasteiger partial charge in [-0.2, -0.15) is 5.10 Å². The fraction of sp³-hybridized carbons (Fsp3) is 0.474. The minimum atomic E-state index is -0.284. The molecule has 7 nitrogen and oxygen atoms in total. The van der Waals surface area contributed by atoms with Gasteiger partial charge in [-0.05, 0) is 30.5 Å². The van der Waals surface area contributed by atoms with Gasteiger partial charge in [-0.1, -0.05) is 12.1 Å². The summed E-state index contributed by atoms with van der Waals surface area (Å²) in [4.78, 5) is 14.6. The summed E-state index contributed by atoms with van der Waals surface area (Å²) in [6.45, 7) is 1.81. The third-order valence-electron chi connectivity index (χ3n) is 5.21. The normalized spacial score (nSPS) is 16.4. The molecule has 0 saturated carbocycles. The molecule has 0 atom stereocenters. The number of aliphatic hydroxyl groups is 1. The molecule has 1 saturated heterocycles. The highest BCUT2D eigenvalue weighted by Crippen LogP contribution is 2.31. The van der Waals surface area contributed by atoms with Crippen molar-refractivity contribution in [1.29, 1.82) is 0 Å². The van der Waals surface area contributed by atoms with Crippen molar-refractivity contribution in [2.24, 2.45) is 12.5 Å². The van der Waals surface area contributed by atoms with Gasteiger partial charge in [0.15, 0.2) is 0 Å². The van der Waals surface area contributed by atoms with E-state index in [-0.39, 0.29) is 17.9 Å². The minimum absolute atomic E-state index is 0.0558. The van der Waals surface area contributed by atoms with Gasteiger partial charge < -0.3 is 20.5 Å². The summed E-state index contributed by atoms with van der Waals surface area (Å²) >= 11 is 0. The van der Waals surface area contributed by atoms with Crippen molar-refractivity contribution < 1.29 is 14.6 Å². The molecule has 1 aromatic heterocycles. The minimum Gasteiger partial charge on any atom is -0.396 e. The Labute approximate surface area is 153 Å². The summed E-state index contributed by atoms with van der Waals surface area (Å²) in [6.07, 6.45) is 3.21. The van der Waals surface area contributed by atoms with Gasteiger partial charge in [0.1, 0.15) is 5.82 Å². The largest absolute Gasteiger partial charge is 0.396 e. The van der Waals surface area contributed by atoms with Gasteiger partial charge in [0, 0.05) is 50.4 Å². The zero-order chi connectivity index (χ0) is 18.7.